The minimum Gasteiger partial charge on any atom is -0.411 e. The van der Waals surface area contributed by atoms with E-state index in [4.69, 9.17) is 9.47 Å². The van der Waals surface area contributed by atoms with Gasteiger partial charge in [-0.15, -0.1) is 0 Å². The summed E-state index contributed by atoms with van der Waals surface area (Å²) in [6, 6.07) is 0. The molecule has 6 nitrogen and oxygen atoms in total. The molecule has 0 radical (unpaired) electrons. The van der Waals surface area contributed by atoms with Crippen molar-refractivity contribution in [3.63, 3.8) is 0 Å². The minimum absolute atomic E-state index is 0.195. The highest BCUT2D eigenvalue weighted by molar-refractivity contribution is 5.95. The van der Waals surface area contributed by atoms with E-state index in [0.717, 1.165) is 38.5 Å². The molecule has 2 aliphatic rings. The van der Waals surface area contributed by atoms with Crippen LogP contribution in [-0.2, 0) is 19.1 Å². The molecule has 0 aromatic carbocycles. The van der Waals surface area contributed by atoms with E-state index in [9.17, 15) is 9.59 Å². The lowest BCUT2D eigenvalue weighted by atomic mass is 10.1. The van der Waals surface area contributed by atoms with Crippen molar-refractivity contribution >= 4 is 23.7 Å². The van der Waals surface area contributed by atoms with E-state index in [1.165, 1.54) is 25.7 Å². The quantitative estimate of drug-likeness (QED) is 0.434. The van der Waals surface area contributed by atoms with E-state index in [-0.39, 0.29) is 25.0 Å². The third-order valence-electron chi connectivity index (χ3n) is 3.76. The lowest BCUT2D eigenvalue weighted by molar-refractivity contribution is -0.133. The summed E-state index contributed by atoms with van der Waals surface area (Å²) in [5, 5.41) is 0. The molecule has 0 atom stereocenters. The Morgan fingerprint density at radius 2 is 1.00 bits per heavy atom. The molecular weight excluding hydrogens is 284 g/mol. The SMILES string of the molecule is O=C1CN=C(CCCCCCCCCCC2=NCC(=O)O2)O1. The maximum Gasteiger partial charge on any atom is 0.334 e. The van der Waals surface area contributed by atoms with E-state index < -0.39 is 0 Å². The van der Waals surface area contributed by atoms with E-state index in [1.54, 1.807) is 0 Å². The van der Waals surface area contributed by atoms with E-state index >= 15 is 0 Å². The van der Waals surface area contributed by atoms with Crippen LogP contribution in [0.4, 0.5) is 0 Å². The number of hydrogen-bond acceptors (Lipinski definition) is 6. The largest absolute Gasteiger partial charge is 0.411 e. The van der Waals surface area contributed by atoms with Crippen molar-refractivity contribution in [3.8, 4) is 0 Å². The fourth-order valence-electron chi connectivity index (χ4n) is 2.57. The monoisotopic (exact) mass is 308 g/mol. The van der Waals surface area contributed by atoms with Gasteiger partial charge in [-0.05, 0) is 12.8 Å². The molecular formula is C16H24N2O4. The highest BCUT2D eigenvalue weighted by Gasteiger charge is 2.15. The second-order valence-corrected chi connectivity index (χ2v) is 5.70. The summed E-state index contributed by atoms with van der Waals surface area (Å²) in [7, 11) is 0. The molecule has 0 bridgehead atoms. The first-order valence-electron chi connectivity index (χ1n) is 8.22. The molecule has 22 heavy (non-hydrogen) atoms. The Morgan fingerprint density at radius 3 is 1.32 bits per heavy atom. The number of aliphatic imine (C=N–C) groups is 2. The van der Waals surface area contributed by atoms with Crippen molar-refractivity contribution < 1.29 is 19.1 Å². The molecule has 6 heteroatoms. The van der Waals surface area contributed by atoms with Gasteiger partial charge in [0.25, 0.3) is 0 Å². The number of hydrogen-bond donors (Lipinski definition) is 0. The van der Waals surface area contributed by atoms with Crippen LogP contribution < -0.4 is 0 Å². The molecule has 2 aliphatic heterocycles. The molecule has 0 fully saturated rings. The Balaban J connectivity index is 1.33. The number of nitrogens with zero attached hydrogens (tertiary/aromatic N) is 2. The molecule has 0 spiro atoms. The molecule has 0 unspecified atom stereocenters. The highest BCUT2D eigenvalue weighted by atomic mass is 16.6. The predicted octanol–water partition coefficient (Wildman–Crippen LogP) is 2.80. The van der Waals surface area contributed by atoms with Gasteiger partial charge in [0.15, 0.2) is 11.8 Å². The van der Waals surface area contributed by atoms with Crippen molar-refractivity contribution in [2.75, 3.05) is 13.1 Å². The summed E-state index contributed by atoms with van der Waals surface area (Å²) in [5.74, 6) is 0.766. The average molecular weight is 308 g/mol. The number of ether oxygens (including phenoxy) is 2. The first-order valence-corrected chi connectivity index (χ1v) is 8.22. The smallest absolute Gasteiger partial charge is 0.334 e. The van der Waals surface area contributed by atoms with Crippen LogP contribution in [0.5, 0.6) is 0 Å². The van der Waals surface area contributed by atoms with Gasteiger partial charge in [-0.2, -0.15) is 0 Å². The second kappa shape index (κ2) is 9.33. The van der Waals surface area contributed by atoms with Gasteiger partial charge in [0, 0.05) is 12.8 Å². The minimum atomic E-state index is -0.228. The molecule has 0 aliphatic carbocycles. The number of unbranched alkanes of at least 4 members (excludes halogenated alkanes) is 7. The van der Waals surface area contributed by atoms with Crippen LogP contribution in [0.25, 0.3) is 0 Å². The number of carbonyl (C=O) groups is 2. The van der Waals surface area contributed by atoms with Crippen LogP contribution >= 0.6 is 0 Å². The lowest BCUT2D eigenvalue weighted by Gasteiger charge is -2.03. The molecule has 0 N–H and O–H groups in total. The summed E-state index contributed by atoms with van der Waals surface area (Å²) in [5.41, 5.74) is 0. The van der Waals surface area contributed by atoms with E-state index in [0.29, 0.717) is 11.8 Å². The summed E-state index contributed by atoms with van der Waals surface area (Å²) in [6.07, 6.45) is 10.9. The van der Waals surface area contributed by atoms with E-state index in [1.807, 2.05) is 0 Å². The van der Waals surface area contributed by atoms with Gasteiger partial charge in [0.2, 0.25) is 0 Å². The Bertz CT molecular complexity index is 415. The van der Waals surface area contributed by atoms with Crippen molar-refractivity contribution in [3.05, 3.63) is 0 Å². The van der Waals surface area contributed by atoms with Crippen LogP contribution in [0.3, 0.4) is 0 Å². The Hall–Kier alpha value is -1.72. The predicted molar refractivity (Wildman–Crippen MR) is 83.0 cm³/mol. The van der Waals surface area contributed by atoms with Crippen molar-refractivity contribution in [1.82, 2.24) is 0 Å². The van der Waals surface area contributed by atoms with E-state index in [2.05, 4.69) is 9.98 Å². The van der Waals surface area contributed by atoms with Crippen LogP contribution in [0.2, 0.25) is 0 Å². The second-order valence-electron chi connectivity index (χ2n) is 5.70. The normalized spacial score (nSPS) is 17.3. The number of esters is 2. The molecule has 0 aromatic heterocycles. The zero-order valence-corrected chi connectivity index (χ0v) is 13.0. The first kappa shape index (κ1) is 16.6. The molecule has 0 aromatic rings. The fraction of sp³-hybridized carbons (Fsp3) is 0.750. The van der Waals surface area contributed by atoms with Crippen LogP contribution in [0.1, 0.15) is 64.2 Å². The van der Waals surface area contributed by atoms with Crippen molar-refractivity contribution in [2.45, 2.75) is 64.2 Å². The topological polar surface area (TPSA) is 77.3 Å². The highest BCUT2D eigenvalue weighted by Crippen LogP contribution is 2.13. The Kier molecular flexibility index (Phi) is 7.06. The van der Waals surface area contributed by atoms with Gasteiger partial charge in [0.05, 0.1) is 0 Å². The zero-order chi connectivity index (χ0) is 15.6. The Labute approximate surface area is 131 Å². The van der Waals surface area contributed by atoms with Crippen LogP contribution in [0.15, 0.2) is 9.98 Å². The molecule has 122 valence electrons. The van der Waals surface area contributed by atoms with Gasteiger partial charge in [-0.25, -0.2) is 19.6 Å². The van der Waals surface area contributed by atoms with Gasteiger partial charge in [-0.1, -0.05) is 38.5 Å². The maximum atomic E-state index is 10.8. The number of cyclic esters (lactones) is 2. The van der Waals surface area contributed by atoms with Gasteiger partial charge in [0.1, 0.15) is 13.1 Å². The third-order valence-corrected chi connectivity index (χ3v) is 3.76. The number of carbonyl (C=O) groups excluding carboxylic acids is 2. The van der Waals surface area contributed by atoms with Crippen LogP contribution in [-0.4, -0.2) is 36.8 Å². The molecule has 2 rings (SSSR count). The summed E-state index contributed by atoms with van der Waals surface area (Å²) in [6.45, 7) is 0.391. The average Bonchev–Trinajstić information content (AvgIpc) is 3.09. The molecule has 0 saturated carbocycles. The third kappa shape index (κ3) is 6.37. The molecule has 2 heterocycles. The number of rotatable bonds is 11. The summed E-state index contributed by atoms with van der Waals surface area (Å²) in [4.78, 5) is 29.7. The lowest BCUT2D eigenvalue weighted by Crippen LogP contribution is -2.04. The first-order chi connectivity index (χ1) is 10.7. The fourth-order valence-corrected chi connectivity index (χ4v) is 2.57. The molecule has 0 amide bonds. The summed E-state index contributed by atoms with van der Waals surface area (Å²) >= 11 is 0. The standard InChI is InChI=1S/C16H24N2O4/c19-15-11-17-13(21-15)9-7-5-3-1-2-4-6-8-10-14-18-12-16(20)22-14/h1-12H2. The molecule has 0 saturated heterocycles. The van der Waals surface area contributed by atoms with Gasteiger partial charge < -0.3 is 9.47 Å². The van der Waals surface area contributed by atoms with Crippen molar-refractivity contribution in [2.24, 2.45) is 9.98 Å². The van der Waals surface area contributed by atoms with Gasteiger partial charge in [-0.3, -0.25) is 0 Å². The zero-order valence-electron chi connectivity index (χ0n) is 13.0. The Morgan fingerprint density at radius 1 is 0.636 bits per heavy atom. The van der Waals surface area contributed by atoms with Crippen LogP contribution in [0, 0.1) is 0 Å². The maximum absolute atomic E-state index is 10.8. The summed E-state index contributed by atoms with van der Waals surface area (Å²) < 4.78 is 9.90. The van der Waals surface area contributed by atoms with Crippen molar-refractivity contribution in [1.29, 1.82) is 0 Å². The van der Waals surface area contributed by atoms with Gasteiger partial charge >= 0.3 is 11.9 Å².